The van der Waals surface area contributed by atoms with Gasteiger partial charge in [0.05, 0.1) is 0 Å². The van der Waals surface area contributed by atoms with E-state index in [4.69, 9.17) is 0 Å². The number of allylic oxidation sites excluding steroid dienone is 2. The number of hydrogen-bond acceptors (Lipinski definition) is 1. The summed E-state index contributed by atoms with van der Waals surface area (Å²) in [4.78, 5) is 0. The third kappa shape index (κ3) is 2.23. The quantitative estimate of drug-likeness (QED) is 0.816. The van der Waals surface area contributed by atoms with Crippen LogP contribution in [0.5, 0.6) is 5.75 Å². The zero-order valence-corrected chi connectivity index (χ0v) is 9.80. The Morgan fingerprint density at radius 2 is 2.20 bits per heavy atom. The molecule has 1 aromatic rings. The molecule has 1 aliphatic carbocycles. The SMILES string of the molecule is Oc1ccc(F)cc1C1CCCC=C1Br. The molecule has 0 bridgehead atoms. The van der Waals surface area contributed by atoms with Gasteiger partial charge in [0.1, 0.15) is 11.6 Å². The van der Waals surface area contributed by atoms with Crippen molar-refractivity contribution in [1.82, 2.24) is 0 Å². The molecule has 0 spiro atoms. The van der Waals surface area contributed by atoms with Crippen LogP contribution in [0.1, 0.15) is 30.7 Å². The van der Waals surface area contributed by atoms with Gasteiger partial charge < -0.3 is 5.11 Å². The van der Waals surface area contributed by atoms with Crippen LogP contribution in [0.4, 0.5) is 4.39 Å². The van der Waals surface area contributed by atoms with E-state index >= 15 is 0 Å². The third-order valence-electron chi connectivity index (χ3n) is 2.73. The molecule has 1 aliphatic rings. The van der Waals surface area contributed by atoms with Crippen molar-refractivity contribution in [3.63, 3.8) is 0 Å². The molecule has 0 radical (unpaired) electrons. The Morgan fingerprint density at radius 3 is 2.93 bits per heavy atom. The number of aromatic hydroxyl groups is 1. The largest absolute Gasteiger partial charge is 0.508 e. The summed E-state index contributed by atoms with van der Waals surface area (Å²) < 4.78 is 14.1. The lowest BCUT2D eigenvalue weighted by atomic mass is 9.88. The van der Waals surface area contributed by atoms with Crippen molar-refractivity contribution in [3.05, 3.63) is 40.1 Å². The summed E-state index contributed by atoms with van der Waals surface area (Å²) in [5.74, 6) is -0.0169. The van der Waals surface area contributed by atoms with Gasteiger partial charge in [0.2, 0.25) is 0 Å². The Kier molecular flexibility index (Phi) is 3.10. The second kappa shape index (κ2) is 4.35. The number of phenolic OH excluding ortho intramolecular Hbond substituents is 1. The van der Waals surface area contributed by atoms with E-state index in [9.17, 15) is 9.50 Å². The van der Waals surface area contributed by atoms with Crippen molar-refractivity contribution in [2.75, 3.05) is 0 Å². The highest BCUT2D eigenvalue weighted by Gasteiger charge is 2.21. The van der Waals surface area contributed by atoms with Crippen LogP contribution in [0.2, 0.25) is 0 Å². The molecule has 1 nitrogen and oxygen atoms in total. The lowest BCUT2D eigenvalue weighted by molar-refractivity contribution is 0.458. The van der Waals surface area contributed by atoms with Gasteiger partial charge in [-0.2, -0.15) is 0 Å². The molecule has 0 fully saturated rings. The third-order valence-corrected chi connectivity index (χ3v) is 3.61. The van der Waals surface area contributed by atoms with Gasteiger partial charge in [-0.3, -0.25) is 0 Å². The van der Waals surface area contributed by atoms with Crippen molar-refractivity contribution in [1.29, 1.82) is 0 Å². The van der Waals surface area contributed by atoms with E-state index in [0.717, 1.165) is 23.7 Å². The van der Waals surface area contributed by atoms with E-state index in [1.54, 1.807) is 0 Å². The molecular weight excluding hydrogens is 259 g/mol. The molecule has 0 saturated carbocycles. The number of hydrogen-bond donors (Lipinski definition) is 1. The average Bonchev–Trinajstić information content (AvgIpc) is 2.23. The molecule has 0 amide bonds. The summed E-state index contributed by atoms with van der Waals surface area (Å²) in [6.45, 7) is 0. The molecule has 1 unspecified atom stereocenters. The predicted octanol–water partition coefficient (Wildman–Crippen LogP) is 4.08. The summed E-state index contributed by atoms with van der Waals surface area (Å²) in [6.07, 6.45) is 5.18. The van der Waals surface area contributed by atoms with E-state index in [2.05, 4.69) is 22.0 Å². The normalized spacial score (nSPS) is 21.2. The summed E-state index contributed by atoms with van der Waals surface area (Å²) in [5.41, 5.74) is 0.679. The summed E-state index contributed by atoms with van der Waals surface area (Å²) in [7, 11) is 0. The van der Waals surface area contributed by atoms with Crippen LogP contribution in [0, 0.1) is 5.82 Å². The molecule has 1 N–H and O–H groups in total. The second-order valence-corrected chi connectivity index (χ2v) is 4.69. The fourth-order valence-electron chi connectivity index (χ4n) is 1.95. The van der Waals surface area contributed by atoms with E-state index in [0.29, 0.717) is 5.56 Å². The summed E-state index contributed by atoms with van der Waals surface area (Å²) in [5, 5.41) is 9.69. The topological polar surface area (TPSA) is 20.2 Å². The minimum absolute atomic E-state index is 0.106. The molecule has 0 aromatic heterocycles. The van der Waals surface area contributed by atoms with Crippen molar-refractivity contribution in [2.45, 2.75) is 25.2 Å². The molecule has 0 aliphatic heterocycles. The number of benzene rings is 1. The Hall–Kier alpha value is -0.830. The van der Waals surface area contributed by atoms with Gasteiger partial charge in [0.15, 0.2) is 0 Å². The number of phenols is 1. The maximum absolute atomic E-state index is 13.1. The number of rotatable bonds is 1. The summed E-state index contributed by atoms with van der Waals surface area (Å²) in [6, 6.07) is 4.11. The minimum Gasteiger partial charge on any atom is -0.508 e. The molecule has 15 heavy (non-hydrogen) atoms. The average molecular weight is 271 g/mol. The first kappa shape index (κ1) is 10.7. The van der Waals surface area contributed by atoms with Crippen molar-refractivity contribution < 1.29 is 9.50 Å². The zero-order valence-electron chi connectivity index (χ0n) is 8.21. The van der Waals surface area contributed by atoms with E-state index in [-0.39, 0.29) is 17.5 Å². The van der Waals surface area contributed by atoms with Gasteiger partial charge in [0.25, 0.3) is 0 Å². The van der Waals surface area contributed by atoms with E-state index < -0.39 is 0 Å². The van der Waals surface area contributed by atoms with Crippen LogP contribution in [0.15, 0.2) is 28.8 Å². The van der Waals surface area contributed by atoms with Crippen LogP contribution in [0.25, 0.3) is 0 Å². The van der Waals surface area contributed by atoms with Crippen molar-refractivity contribution >= 4 is 15.9 Å². The molecule has 2 rings (SSSR count). The Bertz CT molecular complexity index is 401. The predicted molar refractivity (Wildman–Crippen MR) is 61.7 cm³/mol. The van der Waals surface area contributed by atoms with Gasteiger partial charge in [-0.25, -0.2) is 4.39 Å². The maximum Gasteiger partial charge on any atom is 0.123 e. The minimum atomic E-state index is -0.298. The fraction of sp³-hybridized carbons (Fsp3) is 0.333. The lowest BCUT2D eigenvalue weighted by Gasteiger charge is -2.21. The first-order valence-electron chi connectivity index (χ1n) is 5.02. The van der Waals surface area contributed by atoms with Crippen molar-refractivity contribution in [3.8, 4) is 5.75 Å². The lowest BCUT2D eigenvalue weighted by Crippen LogP contribution is -2.04. The van der Waals surface area contributed by atoms with Crippen molar-refractivity contribution in [2.24, 2.45) is 0 Å². The van der Waals surface area contributed by atoms with Crippen LogP contribution < -0.4 is 0 Å². The first-order chi connectivity index (χ1) is 7.18. The smallest absolute Gasteiger partial charge is 0.123 e. The highest BCUT2D eigenvalue weighted by molar-refractivity contribution is 9.11. The van der Waals surface area contributed by atoms with Gasteiger partial charge in [-0.15, -0.1) is 0 Å². The molecule has 3 heteroatoms. The molecular formula is C12H12BrFO. The molecule has 0 heterocycles. The molecule has 0 saturated heterocycles. The van der Waals surface area contributed by atoms with Gasteiger partial charge in [0, 0.05) is 11.5 Å². The van der Waals surface area contributed by atoms with Crippen LogP contribution in [0.3, 0.4) is 0 Å². The molecule has 80 valence electrons. The van der Waals surface area contributed by atoms with Crippen LogP contribution >= 0.6 is 15.9 Å². The maximum atomic E-state index is 13.1. The Morgan fingerprint density at radius 1 is 1.40 bits per heavy atom. The van der Waals surface area contributed by atoms with E-state index in [1.165, 1.54) is 18.2 Å². The molecule has 1 atom stereocenters. The number of halogens is 2. The highest BCUT2D eigenvalue weighted by Crippen LogP contribution is 2.40. The second-order valence-electron chi connectivity index (χ2n) is 3.78. The van der Waals surface area contributed by atoms with E-state index in [1.807, 2.05) is 0 Å². The Balaban J connectivity index is 2.39. The summed E-state index contributed by atoms with van der Waals surface area (Å²) >= 11 is 3.48. The van der Waals surface area contributed by atoms with Gasteiger partial charge >= 0.3 is 0 Å². The first-order valence-corrected chi connectivity index (χ1v) is 5.82. The monoisotopic (exact) mass is 270 g/mol. The van der Waals surface area contributed by atoms with Crippen LogP contribution in [-0.2, 0) is 0 Å². The zero-order chi connectivity index (χ0) is 10.8. The Labute approximate surface area is 96.8 Å². The standard InChI is InChI=1S/C12H12BrFO/c13-11-4-2-1-3-9(11)10-7-8(14)5-6-12(10)15/h4-7,9,15H,1-3H2. The highest BCUT2D eigenvalue weighted by atomic mass is 79.9. The molecule has 1 aromatic carbocycles. The van der Waals surface area contributed by atoms with Crippen LogP contribution in [-0.4, -0.2) is 5.11 Å². The van der Waals surface area contributed by atoms with Gasteiger partial charge in [-0.1, -0.05) is 22.0 Å². The van der Waals surface area contributed by atoms with Gasteiger partial charge in [-0.05, 0) is 41.9 Å². The fourth-order valence-corrected chi connectivity index (χ4v) is 2.66.